The average molecular weight is 239 g/mol. The maximum Gasteiger partial charge on any atom is 0.137 e. The first kappa shape index (κ1) is 13.0. The minimum atomic E-state index is -0.176. The molecular weight excluding hydrogens is 214 g/mol. The van der Waals surface area contributed by atoms with Crippen LogP contribution in [-0.4, -0.2) is 41.5 Å². The van der Waals surface area contributed by atoms with Crippen molar-refractivity contribution in [1.29, 1.82) is 0 Å². The van der Waals surface area contributed by atoms with E-state index in [4.69, 9.17) is 0 Å². The SMILES string of the molecule is CCC1CCC(=O)C(CN2CCCC(O)C2)C1. The zero-order chi connectivity index (χ0) is 12.3. The lowest BCUT2D eigenvalue weighted by Gasteiger charge is -2.35. The second kappa shape index (κ2) is 5.96. The van der Waals surface area contributed by atoms with Crippen molar-refractivity contribution in [2.45, 2.75) is 51.6 Å². The van der Waals surface area contributed by atoms with Crippen LogP contribution < -0.4 is 0 Å². The molecule has 3 nitrogen and oxygen atoms in total. The number of carbonyl (C=O) groups is 1. The van der Waals surface area contributed by atoms with E-state index in [1.54, 1.807) is 0 Å². The van der Waals surface area contributed by atoms with Crippen molar-refractivity contribution in [3.05, 3.63) is 0 Å². The Hall–Kier alpha value is -0.410. The number of piperidine rings is 1. The molecule has 1 heterocycles. The van der Waals surface area contributed by atoms with Crippen LogP contribution in [0.4, 0.5) is 0 Å². The maximum atomic E-state index is 11.9. The van der Waals surface area contributed by atoms with E-state index in [9.17, 15) is 9.90 Å². The van der Waals surface area contributed by atoms with Crippen LogP contribution in [0.5, 0.6) is 0 Å². The highest BCUT2D eigenvalue weighted by Gasteiger charge is 2.30. The molecule has 0 aromatic carbocycles. The highest BCUT2D eigenvalue weighted by atomic mass is 16.3. The summed E-state index contributed by atoms with van der Waals surface area (Å²) >= 11 is 0. The Morgan fingerprint density at radius 1 is 1.41 bits per heavy atom. The summed E-state index contributed by atoms with van der Waals surface area (Å²) in [6.45, 7) is 4.92. The summed E-state index contributed by atoms with van der Waals surface area (Å²) in [6.07, 6.45) is 5.96. The van der Waals surface area contributed by atoms with Crippen molar-refractivity contribution >= 4 is 5.78 Å². The quantitative estimate of drug-likeness (QED) is 0.817. The van der Waals surface area contributed by atoms with Gasteiger partial charge in [-0.05, 0) is 38.1 Å². The van der Waals surface area contributed by atoms with Crippen LogP contribution in [0.15, 0.2) is 0 Å². The topological polar surface area (TPSA) is 40.5 Å². The van der Waals surface area contributed by atoms with Gasteiger partial charge in [-0.25, -0.2) is 0 Å². The van der Waals surface area contributed by atoms with Crippen molar-refractivity contribution in [3.8, 4) is 0 Å². The van der Waals surface area contributed by atoms with Gasteiger partial charge in [0.25, 0.3) is 0 Å². The van der Waals surface area contributed by atoms with Crippen molar-refractivity contribution < 1.29 is 9.90 Å². The van der Waals surface area contributed by atoms with Crippen LogP contribution in [0, 0.1) is 11.8 Å². The number of aliphatic hydroxyl groups excluding tert-OH is 1. The van der Waals surface area contributed by atoms with Gasteiger partial charge in [0.1, 0.15) is 5.78 Å². The number of rotatable bonds is 3. The maximum absolute atomic E-state index is 11.9. The van der Waals surface area contributed by atoms with E-state index >= 15 is 0 Å². The zero-order valence-corrected chi connectivity index (χ0v) is 10.9. The summed E-state index contributed by atoms with van der Waals surface area (Å²) in [5.74, 6) is 1.43. The van der Waals surface area contributed by atoms with Crippen LogP contribution >= 0.6 is 0 Å². The van der Waals surface area contributed by atoms with Gasteiger partial charge in [0.2, 0.25) is 0 Å². The largest absolute Gasteiger partial charge is 0.392 e. The third-order valence-electron chi connectivity index (χ3n) is 4.41. The van der Waals surface area contributed by atoms with Gasteiger partial charge >= 0.3 is 0 Å². The van der Waals surface area contributed by atoms with E-state index in [0.717, 1.165) is 57.7 Å². The summed E-state index contributed by atoms with van der Waals surface area (Å²) in [6, 6.07) is 0. The Labute approximate surface area is 104 Å². The van der Waals surface area contributed by atoms with Crippen LogP contribution in [0.1, 0.15) is 45.4 Å². The first-order valence-corrected chi connectivity index (χ1v) is 7.12. The second-order valence-electron chi connectivity index (χ2n) is 5.77. The van der Waals surface area contributed by atoms with Gasteiger partial charge in [-0.1, -0.05) is 13.3 Å². The van der Waals surface area contributed by atoms with E-state index in [2.05, 4.69) is 11.8 Å². The van der Waals surface area contributed by atoms with Gasteiger partial charge in [-0.3, -0.25) is 4.79 Å². The van der Waals surface area contributed by atoms with Gasteiger partial charge < -0.3 is 10.0 Å². The average Bonchev–Trinajstić information content (AvgIpc) is 2.32. The number of carbonyl (C=O) groups excluding carboxylic acids is 1. The molecule has 1 aliphatic heterocycles. The zero-order valence-electron chi connectivity index (χ0n) is 10.9. The minimum absolute atomic E-state index is 0.176. The fourth-order valence-electron chi connectivity index (χ4n) is 3.26. The summed E-state index contributed by atoms with van der Waals surface area (Å²) in [5, 5.41) is 9.65. The highest BCUT2D eigenvalue weighted by molar-refractivity contribution is 5.81. The Morgan fingerprint density at radius 2 is 2.24 bits per heavy atom. The third kappa shape index (κ3) is 3.52. The fourth-order valence-corrected chi connectivity index (χ4v) is 3.26. The highest BCUT2D eigenvalue weighted by Crippen LogP contribution is 2.29. The van der Waals surface area contributed by atoms with Gasteiger partial charge in [0.05, 0.1) is 6.10 Å². The molecule has 3 heteroatoms. The number of likely N-dealkylation sites (tertiary alicyclic amines) is 1. The molecule has 2 aliphatic rings. The van der Waals surface area contributed by atoms with Crippen LogP contribution in [-0.2, 0) is 4.79 Å². The summed E-state index contributed by atoms with van der Waals surface area (Å²) in [5.41, 5.74) is 0. The first-order valence-electron chi connectivity index (χ1n) is 7.12. The van der Waals surface area contributed by atoms with E-state index in [1.807, 2.05) is 0 Å². The molecule has 0 aromatic rings. The molecule has 1 saturated heterocycles. The molecular formula is C14H25NO2. The van der Waals surface area contributed by atoms with Crippen LogP contribution in [0.3, 0.4) is 0 Å². The van der Waals surface area contributed by atoms with Gasteiger partial charge in [0.15, 0.2) is 0 Å². The predicted molar refractivity (Wildman–Crippen MR) is 67.8 cm³/mol. The molecule has 1 N–H and O–H groups in total. The number of ketones is 1. The molecule has 1 aliphatic carbocycles. The second-order valence-corrected chi connectivity index (χ2v) is 5.77. The van der Waals surface area contributed by atoms with Gasteiger partial charge in [-0.2, -0.15) is 0 Å². The Bertz CT molecular complexity index is 267. The number of aliphatic hydroxyl groups is 1. The summed E-state index contributed by atoms with van der Waals surface area (Å²) in [4.78, 5) is 14.2. The molecule has 0 amide bonds. The molecule has 0 spiro atoms. The van der Waals surface area contributed by atoms with Crippen LogP contribution in [0.2, 0.25) is 0 Å². The van der Waals surface area contributed by atoms with Crippen molar-refractivity contribution in [1.82, 2.24) is 4.90 Å². The standard InChI is InChI=1S/C14H25NO2/c1-2-11-5-6-14(17)12(8-11)9-15-7-3-4-13(16)10-15/h11-13,16H,2-10H2,1H3. The summed E-state index contributed by atoms with van der Waals surface area (Å²) in [7, 11) is 0. The van der Waals surface area contributed by atoms with Gasteiger partial charge in [0, 0.05) is 25.4 Å². The molecule has 17 heavy (non-hydrogen) atoms. The first-order chi connectivity index (χ1) is 8.19. The lowest BCUT2D eigenvalue weighted by Crippen LogP contribution is -2.43. The molecule has 2 fully saturated rings. The van der Waals surface area contributed by atoms with Crippen molar-refractivity contribution in [2.75, 3.05) is 19.6 Å². The normalized spacial score (nSPS) is 36.1. The molecule has 98 valence electrons. The smallest absolute Gasteiger partial charge is 0.137 e. The fraction of sp³-hybridized carbons (Fsp3) is 0.929. The molecule has 2 rings (SSSR count). The number of hydrogen-bond acceptors (Lipinski definition) is 3. The molecule has 0 aromatic heterocycles. The van der Waals surface area contributed by atoms with Crippen LogP contribution in [0.25, 0.3) is 0 Å². The van der Waals surface area contributed by atoms with Crippen molar-refractivity contribution in [2.24, 2.45) is 11.8 Å². The molecule has 3 atom stereocenters. The number of Topliss-reactive ketones (excluding diaryl/α,β-unsaturated/α-hetero) is 1. The molecule has 0 bridgehead atoms. The number of β-amino-alcohol motifs (C(OH)–C–C–N with tert-alkyl or cyclic N) is 1. The van der Waals surface area contributed by atoms with E-state index < -0.39 is 0 Å². The monoisotopic (exact) mass is 239 g/mol. The molecule has 3 unspecified atom stereocenters. The lowest BCUT2D eigenvalue weighted by atomic mass is 9.79. The number of hydrogen-bond donors (Lipinski definition) is 1. The third-order valence-corrected chi connectivity index (χ3v) is 4.41. The van der Waals surface area contributed by atoms with Gasteiger partial charge in [-0.15, -0.1) is 0 Å². The number of nitrogens with zero attached hydrogens (tertiary/aromatic N) is 1. The Balaban J connectivity index is 1.85. The summed E-state index contributed by atoms with van der Waals surface area (Å²) < 4.78 is 0. The predicted octanol–water partition coefficient (Wildman–Crippen LogP) is 1.84. The Morgan fingerprint density at radius 3 is 2.94 bits per heavy atom. The lowest BCUT2D eigenvalue weighted by molar-refractivity contribution is -0.126. The van der Waals surface area contributed by atoms with E-state index in [0.29, 0.717) is 5.78 Å². The van der Waals surface area contributed by atoms with Crippen molar-refractivity contribution in [3.63, 3.8) is 0 Å². The minimum Gasteiger partial charge on any atom is -0.392 e. The van der Waals surface area contributed by atoms with E-state index in [-0.39, 0.29) is 12.0 Å². The molecule has 0 radical (unpaired) electrons. The molecule has 1 saturated carbocycles. The Kier molecular flexibility index (Phi) is 4.57. The van der Waals surface area contributed by atoms with E-state index in [1.165, 1.54) is 6.42 Å².